The van der Waals surface area contributed by atoms with Crippen LogP contribution in [0.4, 0.5) is 0 Å². The van der Waals surface area contributed by atoms with E-state index >= 15 is 0 Å². The summed E-state index contributed by atoms with van der Waals surface area (Å²) in [5, 5.41) is 2.75. The zero-order chi connectivity index (χ0) is 16.1. The molecular formula is C14H18N4O4. The number of aromatic amines is 1. The zero-order valence-corrected chi connectivity index (χ0v) is 12.4. The van der Waals surface area contributed by atoms with Crippen LogP contribution in [0.25, 0.3) is 0 Å². The summed E-state index contributed by atoms with van der Waals surface area (Å²) in [5.74, 6) is 0.416. The molecule has 0 aliphatic rings. The maximum absolute atomic E-state index is 11.9. The van der Waals surface area contributed by atoms with Crippen molar-refractivity contribution >= 4 is 5.91 Å². The van der Waals surface area contributed by atoms with E-state index in [1.54, 1.807) is 12.3 Å². The molecule has 2 aromatic heterocycles. The summed E-state index contributed by atoms with van der Waals surface area (Å²) in [4.78, 5) is 38.4. The van der Waals surface area contributed by atoms with Crippen LogP contribution in [0, 0.1) is 0 Å². The number of H-pyrrole nitrogens is 1. The molecule has 22 heavy (non-hydrogen) atoms. The molecule has 8 nitrogen and oxygen atoms in total. The summed E-state index contributed by atoms with van der Waals surface area (Å²) in [6, 6.07) is 4.71. The quantitative estimate of drug-likeness (QED) is 0.753. The van der Waals surface area contributed by atoms with Gasteiger partial charge in [0.25, 0.3) is 5.56 Å². The van der Waals surface area contributed by atoms with Crippen LogP contribution in [0.1, 0.15) is 11.8 Å². The van der Waals surface area contributed by atoms with Crippen LogP contribution in [0.5, 0.6) is 0 Å². The SMILES string of the molecule is CN(C)[C@@H](CNC(=O)Cn1ccc(=O)[nH]c1=O)c1ccco1. The monoisotopic (exact) mass is 306 g/mol. The summed E-state index contributed by atoms with van der Waals surface area (Å²) < 4.78 is 6.49. The molecule has 2 aromatic rings. The molecule has 2 heterocycles. The molecule has 1 atom stereocenters. The van der Waals surface area contributed by atoms with E-state index < -0.39 is 11.2 Å². The minimum Gasteiger partial charge on any atom is -0.468 e. The number of hydrogen-bond donors (Lipinski definition) is 2. The molecule has 0 bridgehead atoms. The molecule has 0 radical (unpaired) electrons. The van der Waals surface area contributed by atoms with Crippen molar-refractivity contribution in [2.24, 2.45) is 0 Å². The minimum atomic E-state index is -0.613. The van der Waals surface area contributed by atoms with Crippen molar-refractivity contribution < 1.29 is 9.21 Å². The summed E-state index contributed by atoms with van der Waals surface area (Å²) in [7, 11) is 3.76. The Morgan fingerprint density at radius 3 is 2.77 bits per heavy atom. The van der Waals surface area contributed by atoms with Gasteiger partial charge in [0.15, 0.2) is 0 Å². The standard InChI is InChI=1S/C14H18N4O4/c1-17(2)10(11-4-3-7-22-11)8-15-13(20)9-18-6-5-12(19)16-14(18)21/h3-7,10H,8-9H2,1-2H3,(H,15,20)(H,16,19,21)/t10-/m0/s1. The van der Waals surface area contributed by atoms with Crippen LogP contribution in [0.3, 0.4) is 0 Å². The Kier molecular flexibility index (Phi) is 4.95. The van der Waals surface area contributed by atoms with E-state index in [4.69, 9.17) is 4.42 Å². The van der Waals surface area contributed by atoms with E-state index in [0.29, 0.717) is 6.54 Å². The van der Waals surface area contributed by atoms with Gasteiger partial charge in [-0.15, -0.1) is 0 Å². The lowest BCUT2D eigenvalue weighted by molar-refractivity contribution is -0.122. The highest BCUT2D eigenvalue weighted by Gasteiger charge is 2.17. The number of likely N-dealkylation sites (N-methyl/N-ethyl adjacent to an activating group) is 1. The van der Waals surface area contributed by atoms with Crippen molar-refractivity contribution in [3.05, 3.63) is 57.3 Å². The molecule has 118 valence electrons. The van der Waals surface area contributed by atoms with Crippen LogP contribution < -0.4 is 16.6 Å². The molecule has 0 fully saturated rings. The third kappa shape index (κ3) is 3.95. The number of rotatable bonds is 6. The highest BCUT2D eigenvalue weighted by molar-refractivity contribution is 5.75. The fourth-order valence-corrected chi connectivity index (χ4v) is 2.01. The van der Waals surface area contributed by atoms with E-state index in [-0.39, 0.29) is 18.5 Å². The average Bonchev–Trinajstić information content (AvgIpc) is 2.96. The number of carbonyl (C=O) groups is 1. The van der Waals surface area contributed by atoms with Crippen molar-refractivity contribution in [3.8, 4) is 0 Å². The molecule has 0 saturated heterocycles. The van der Waals surface area contributed by atoms with E-state index in [9.17, 15) is 14.4 Å². The number of nitrogens with zero attached hydrogens (tertiary/aromatic N) is 2. The number of carbonyl (C=O) groups excluding carboxylic acids is 1. The van der Waals surface area contributed by atoms with Crippen LogP contribution in [0.15, 0.2) is 44.7 Å². The number of nitrogens with one attached hydrogen (secondary N) is 2. The molecular weight excluding hydrogens is 288 g/mol. The van der Waals surface area contributed by atoms with Gasteiger partial charge in [0.2, 0.25) is 5.91 Å². The second-order valence-corrected chi connectivity index (χ2v) is 5.04. The molecule has 0 aromatic carbocycles. The Morgan fingerprint density at radius 1 is 1.41 bits per heavy atom. The van der Waals surface area contributed by atoms with Crippen LogP contribution >= 0.6 is 0 Å². The predicted molar refractivity (Wildman–Crippen MR) is 79.5 cm³/mol. The molecule has 0 unspecified atom stereocenters. The second-order valence-electron chi connectivity index (χ2n) is 5.04. The topological polar surface area (TPSA) is 100 Å². The van der Waals surface area contributed by atoms with Crippen LogP contribution in [0.2, 0.25) is 0 Å². The lowest BCUT2D eigenvalue weighted by atomic mass is 10.2. The Labute approximate surface area is 126 Å². The van der Waals surface area contributed by atoms with Gasteiger partial charge >= 0.3 is 5.69 Å². The summed E-state index contributed by atoms with van der Waals surface area (Å²) in [6.07, 6.45) is 2.87. The van der Waals surface area contributed by atoms with E-state index in [1.165, 1.54) is 12.3 Å². The van der Waals surface area contributed by atoms with E-state index in [1.807, 2.05) is 25.1 Å². The normalized spacial score (nSPS) is 12.3. The van der Waals surface area contributed by atoms with Gasteiger partial charge in [0.1, 0.15) is 12.3 Å². The highest BCUT2D eigenvalue weighted by atomic mass is 16.3. The minimum absolute atomic E-state index is 0.105. The Balaban J connectivity index is 1.97. The summed E-state index contributed by atoms with van der Waals surface area (Å²) in [5.41, 5.74) is -1.11. The number of furan rings is 1. The van der Waals surface area contributed by atoms with Gasteiger partial charge in [-0.05, 0) is 26.2 Å². The lowest BCUT2D eigenvalue weighted by Gasteiger charge is -2.22. The van der Waals surface area contributed by atoms with Gasteiger partial charge in [0, 0.05) is 18.8 Å². The number of amides is 1. The first-order valence-electron chi connectivity index (χ1n) is 6.73. The molecule has 2 rings (SSSR count). The molecule has 0 aliphatic heterocycles. The van der Waals surface area contributed by atoms with Crippen molar-refractivity contribution in [3.63, 3.8) is 0 Å². The molecule has 8 heteroatoms. The Morgan fingerprint density at radius 2 is 2.18 bits per heavy atom. The molecule has 2 N–H and O–H groups in total. The molecule has 0 saturated carbocycles. The van der Waals surface area contributed by atoms with Gasteiger partial charge in [-0.1, -0.05) is 0 Å². The molecule has 0 spiro atoms. The summed E-state index contributed by atoms with van der Waals surface area (Å²) in [6.45, 7) is 0.186. The van der Waals surface area contributed by atoms with Gasteiger partial charge in [-0.3, -0.25) is 24.0 Å². The van der Waals surface area contributed by atoms with E-state index in [0.717, 1.165) is 10.3 Å². The Bertz CT molecular complexity index is 730. The zero-order valence-electron chi connectivity index (χ0n) is 12.4. The molecule has 1 amide bonds. The fraction of sp³-hybridized carbons (Fsp3) is 0.357. The largest absolute Gasteiger partial charge is 0.468 e. The maximum atomic E-state index is 11.9. The fourth-order valence-electron chi connectivity index (χ4n) is 2.01. The van der Waals surface area contributed by atoms with Crippen LogP contribution in [-0.2, 0) is 11.3 Å². The first-order valence-corrected chi connectivity index (χ1v) is 6.73. The first kappa shape index (κ1) is 15.8. The van der Waals surface area contributed by atoms with E-state index in [2.05, 4.69) is 10.3 Å². The third-order valence-electron chi connectivity index (χ3n) is 3.20. The summed E-state index contributed by atoms with van der Waals surface area (Å²) >= 11 is 0. The Hall–Kier alpha value is -2.61. The highest BCUT2D eigenvalue weighted by Crippen LogP contribution is 2.17. The van der Waals surface area contributed by atoms with Gasteiger partial charge in [-0.25, -0.2) is 4.79 Å². The van der Waals surface area contributed by atoms with Gasteiger partial charge in [-0.2, -0.15) is 0 Å². The van der Waals surface area contributed by atoms with Crippen molar-refractivity contribution in [2.75, 3.05) is 20.6 Å². The van der Waals surface area contributed by atoms with Gasteiger partial charge < -0.3 is 9.73 Å². The smallest absolute Gasteiger partial charge is 0.328 e. The third-order valence-corrected chi connectivity index (χ3v) is 3.20. The number of hydrogen-bond acceptors (Lipinski definition) is 5. The van der Waals surface area contributed by atoms with Gasteiger partial charge in [0.05, 0.1) is 12.3 Å². The van der Waals surface area contributed by atoms with Crippen molar-refractivity contribution in [1.82, 2.24) is 19.8 Å². The second kappa shape index (κ2) is 6.90. The van der Waals surface area contributed by atoms with Crippen molar-refractivity contribution in [2.45, 2.75) is 12.6 Å². The lowest BCUT2D eigenvalue weighted by Crippen LogP contribution is -2.38. The van der Waals surface area contributed by atoms with Crippen molar-refractivity contribution in [1.29, 1.82) is 0 Å². The molecule has 0 aliphatic carbocycles. The number of aromatic nitrogens is 2. The predicted octanol–water partition coefficient (Wildman–Crippen LogP) is -0.451. The van der Waals surface area contributed by atoms with Crippen LogP contribution in [-0.4, -0.2) is 41.0 Å². The first-order chi connectivity index (χ1) is 10.5. The average molecular weight is 306 g/mol. The maximum Gasteiger partial charge on any atom is 0.328 e.